The molecule has 0 spiro atoms. The average Bonchev–Trinajstić information content (AvgIpc) is 3.13. The summed E-state index contributed by atoms with van der Waals surface area (Å²) < 4.78 is 14.5. The van der Waals surface area contributed by atoms with E-state index in [9.17, 15) is 9.18 Å². The van der Waals surface area contributed by atoms with Gasteiger partial charge in [-0.1, -0.05) is 18.2 Å². The van der Waals surface area contributed by atoms with E-state index >= 15 is 0 Å². The van der Waals surface area contributed by atoms with E-state index in [1.165, 1.54) is 6.07 Å². The molecule has 2 aromatic rings. The van der Waals surface area contributed by atoms with Gasteiger partial charge in [0.25, 0.3) is 0 Å². The monoisotopic (exact) mass is 351 g/mol. The fourth-order valence-electron chi connectivity index (χ4n) is 5.58. The second-order valence-corrected chi connectivity index (χ2v) is 7.68. The van der Waals surface area contributed by atoms with Gasteiger partial charge in [0.15, 0.2) is 5.78 Å². The minimum absolute atomic E-state index is 0.0172. The lowest BCUT2D eigenvalue weighted by Crippen LogP contribution is -2.72. The van der Waals surface area contributed by atoms with E-state index in [1.54, 1.807) is 24.4 Å². The van der Waals surface area contributed by atoms with Gasteiger partial charge in [-0.15, -0.1) is 0 Å². The van der Waals surface area contributed by atoms with Crippen molar-refractivity contribution in [3.05, 3.63) is 65.7 Å². The molecule has 26 heavy (non-hydrogen) atoms. The Hall–Kier alpha value is -2.11. The fourth-order valence-corrected chi connectivity index (χ4v) is 5.58. The maximum absolute atomic E-state index is 14.5. The maximum atomic E-state index is 14.5. The van der Waals surface area contributed by atoms with Gasteiger partial charge in [0.1, 0.15) is 11.4 Å². The molecular formula is C21H22FN3O. The zero-order valence-corrected chi connectivity index (χ0v) is 14.6. The molecule has 0 radical (unpaired) electrons. The summed E-state index contributed by atoms with van der Waals surface area (Å²) in [6.07, 6.45) is 5.81. The van der Waals surface area contributed by atoms with Crippen LogP contribution in [0.3, 0.4) is 0 Å². The number of carbonyl (C=O) groups excluding carboxylic acids is 1. The highest BCUT2D eigenvalue weighted by atomic mass is 19.1. The van der Waals surface area contributed by atoms with E-state index in [2.05, 4.69) is 15.2 Å². The van der Waals surface area contributed by atoms with Crippen LogP contribution in [0.15, 0.2) is 48.8 Å². The zero-order valence-electron chi connectivity index (χ0n) is 14.6. The Morgan fingerprint density at radius 2 is 2.00 bits per heavy atom. The number of hydrogen-bond acceptors (Lipinski definition) is 4. The maximum Gasteiger partial charge on any atom is 0.188 e. The first-order chi connectivity index (χ1) is 12.7. The minimum atomic E-state index is -0.716. The highest BCUT2D eigenvalue weighted by molar-refractivity contribution is 6.05. The first-order valence-electron chi connectivity index (χ1n) is 9.40. The predicted molar refractivity (Wildman–Crippen MR) is 96.5 cm³/mol. The summed E-state index contributed by atoms with van der Waals surface area (Å²) in [5, 5.41) is 3.64. The summed E-state index contributed by atoms with van der Waals surface area (Å²) in [6, 6.07) is 10.4. The van der Waals surface area contributed by atoms with Gasteiger partial charge in [-0.25, -0.2) is 4.39 Å². The molecule has 134 valence electrons. The minimum Gasteiger partial charge on any atom is -0.311 e. The Balaban J connectivity index is 1.69. The van der Waals surface area contributed by atoms with E-state index in [0.717, 1.165) is 38.0 Å². The lowest BCUT2D eigenvalue weighted by molar-refractivity contribution is -0.0315. The molecule has 3 unspecified atom stereocenters. The van der Waals surface area contributed by atoms with E-state index in [4.69, 9.17) is 0 Å². The van der Waals surface area contributed by atoms with Crippen molar-refractivity contribution in [3.63, 3.8) is 0 Å². The average molecular weight is 351 g/mol. The van der Waals surface area contributed by atoms with E-state index < -0.39 is 11.4 Å². The van der Waals surface area contributed by atoms with E-state index in [0.29, 0.717) is 5.92 Å². The van der Waals surface area contributed by atoms with Gasteiger partial charge in [0.2, 0.25) is 0 Å². The summed E-state index contributed by atoms with van der Waals surface area (Å²) in [6.45, 7) is 2.53. The molecule has 6 rings (SSSR count). The molecule has 0 aliphatic carbocycles. The first-order valence-corrected chi connectivity index (χ1v) is 9.40. The Morgan fingerprint density at radius 3 is 2.73 bits per heavy atom. The van der Waals surface area contributed by atoms with Gasteiger partial charge in [-0.2, -0.15) is 0 Å². The number of ketones is 1. The largest absolute Gasteiger partial charge is 0.311 e. The molecule has 4 fully saturated rings. The van der Waals surface area contributed by atoms with Crippen molar-refractivity contribution in [1.82, 2.24) is 15.2 Å². The number of aromatic nitrogens is 1. The van der Waals surface area contributed by atoms with Crippen LogP contribution >= 0.6 is 0 Å². The summed E-state index contributed by atoms with van der Waals surface area (Å²) in [4.78, 5) is 20.5. The number of pyridine rings is 1. The Bertz CT molecular complexity index is 834. The number of nitrogens with one attached hydrogen (secondary N) is 1. The third kappa shape index (κ3) is 2.07. The molecule has 4 aliphatic heterocycles. The number of carbonyl (C=O) groups is 1. The number of piperidine rings is 3. The molecular weight excluding hydrogens is 329 g/mol. The van der Waals surface area contributed by atoms with Gasteiger partial charge in [0.05, 0.1) is 5.56 Å². The first kappa shape index (κ1) is 16.1. The normalized spacial score (nSPS) is 35.3. The number of rotatable bonds is 3. The molecule has 1 N–H and O–H groups in total. The van der Waals surface area contributed by atoms with Crippen molar-refractivity contribution in [2.45, 2.75) is 30.3 Å². The molecule has 5 heteroatoms. The van der Waals surface area contributed by atoms with Crippen molar-refractivity contribution >= 4 is 5.78 Å². The highest BCUT2D eigenvalue weighted by Gasteiger charge is 2.65. The van der Waals surface area contributed by atoms with Gasteiger partial charge in [0, 0.05) is 30.9 Å². The highest BCUT2D eigenvalue weighted by Crippen LogP contribution is 2.51. The van der Waals surface area contributed by atoms with E-state index in [-0.39, 0.29) is 23.3 Å². The topological polar surface area (TPSA) is 45.2 Å². The van der Waals surface area contributed by atoms with Crippen molar-refractivity contribution in [2.75, 3.05) is 19.6 Å². The van der Waals surface area contributed by atoms with Crippen LogP contribution in [0.1, 0.15) is 34.7 Å². The lowest BCUT2D eigenvalue weighted by Gasteiger charge is -2.57. The molecule has 0 amide bonds. The fraction of sp³-hybridized carbons (Fsp3) is 0.429. The van der Waals surface area contributed by atoms with Gasteiger partial charge in [-0.3, -0.25) is 14.7 Å². The molecule has 5 heterocycles. The summed E-state index contributed by atoms with van der Waals surface area (Å²) >= 11 is 0. The summed E-state index contributed by atoms with van der Waals surface area (Å²) in [7, 11) is 0. The number of nitrogens with zero attached hydrogens (tertiary/aromatic N) is 2. The number of Topliss-reactive ketones (excluding diaryl/α,β-unsaturated/α-hetero) is 1. The Morgan fingerprint density at radius 1 is 1.19 bits per heavy atom. The summed E-state index contributed by atoms with van der Waals surface area (Å²) in [5.41, 5.74) is 0.550. The second kappa shape index (κ2) is 5.96. The molecule has 2 bridgehead atoms. The van der Waals surface area contributed by atoms with Crippen molar-refractivity contribution in [3.8, 4) is 0 Å². The number of hydrogen-bond donors (Lipinski definition) is 1. The Kier molecular flexibility index (Phi) is 3.69. The molecule has 4 aliphatic rings. The van der Waals surface area contributed by atoms with Crippen LogP contribution in [-0.2, 0) is 0 Å². The van der Waals surface area contributed by atoms with Crippen LogP contribution in [0.4, 0.5) is 4.39 Å². The van der Waals surface area contributed by atoms with Crippen LogP contribution in [0.25, 0.3) is 0 Å². The molecule has 0 saturated carbocycles. The standard InChI is InChI=1S/C21H22FN3O/c22-18-6-2-1-5-16(18)20(26)21-17(15-4-3-9-23-12-15)13-24-19(21)14-7-10-25(21)11-8-14/h1-6,9,12,14,17,19,24H,7-8,10-11,13H2. The van der Waals surface area contributed by atoms with Crippen molar-refractivity contribution < 1.29 is 9.18 Å². The van der Waals surface area contributed by atoms with Crippen molar-refractivity contribution in [1.29, 1.82) is 0 Å². The quantitative estimate of drug-likeness (QED) is 0.864. The van der Waals surface area contributed by atoms with Gasteiger partial charge >= 0.3 is 0 Å². The second-order valence-electron chi connectivity index (χ2n) is 7.68. The third-order valence-electron chi connectivity index (χ3n) is 6.65. The molecule has 1 aromatic heterocycles. The smallest absolute Gasteiger partial charge is 0.188 e. The van der Waals surface area contributed by atoms with Crippen LogP contribution in [0, 0.1) is 11.7 Å². The SMILES string of the molecule is O=C(c1ccccc1F)C12C(c3cccnc3)CNC1C1CCN2CC1. The van der Waals surface area contributed by atoms with Crippen LogP contribution in [-0.4, -0.2) is 46.9 Å². The molecule has 4 saturated heterocycles. The lowest BCUT2D eigenvalue weighted by atomic mass is 9.63. The number of benzene rings is 1. The number of fused-ring (bicyclic) bond motifs is 2. The van der Waals surface area contributed by atoms with Crippen LogP contribution < -0.4 is 5.32 Å². The van der Waals surface area contributed by atoms with Crippen molar-refractivity contribution in [2.24, 2.45) is 5.92 Å². The number of halogens is 1. The van der Waals surface area contributed by atoms with Gasteiger partial charge in [-0.05, 0) is 55.6 Å². The van der Waals surface area contributed by atoms with Crippen LogP contribution in [0.2, 0.25) is 0 Å². The van der Waals surface area contributed by atoms with Crippen LogP contribution in [0.5, 0.6) is 0 Å². The molecule has 3 atom stereocenters. The predicted octanol–water partition coefficient (Wildman–Crippen LogP) is 2.62. The molecule has 4 nitrogen and oxygen atoms in total. The van der Waals surface area contributed by atoms with Gasteiger partial charge < -0.3 is 5.32 Å². The summed E-state index contributed by atoms with van der Waals surface area (Å²) in [5.74, 6) is -0.0530. The van der Waals surface area contributed by atoms with E-state index in [1.807, 2.05) is 18.3 Å². The zero-order chi connectivity index (χ0) is 17.7. The molecule has 1 aromatic carbocycles. The third-order valence-corrected chi connectivity index (χ3v) is 6.65. The Labute approximate surface area is 152 Å².